The van der Waals surface area contributed by atoms with Crippen molar-refractivity contribution in [1.29, 1.82) is 0 Å². The highest BCUT2D eigenvalue weighted by Gasteiger charge is 2.54. The fraction of sp³-hybridized carbons (Fsp3) is 0.407. The summed E-state index contributed by atoms with van der Waals surface area (Å²) in [7, 11) is 0. The van der Waals surface area contributed by atoms with Crippen molar-refractivity contribution >= 4 is 22.5 Å². The van der Waals surface area contributed by atoms with E-state index in [-0.39, 0.29) is 29.1 Å². The zero-order valence-electron chi connectivity index (χ0n) is 18.4. The maximum atomic E-state index is 13.3. The molecule has 3 aromatic rings. The summed E-state index contributed by atoms with van der Waals surface area (Å²) in [5.41, 5.74) is -0.00909. The number of esters is 1. The van der Waals surface area contributed by atoms with Crippen LogP contribution in [-0.4, -0.2) is 28.1 Å². The Balaban J connectivity index is 1.29. The lowest BCUT2D eigenvalue weighted by molar-refractivity contribution is -0.147. The van der Waals surface area contributed by atoms with Crippen molar-refractivity contribution in [3.8, 4) is 5.69 Å². The summed E-state index contributed by atoms with van der Waals surface area (Å²) in [6, 6.07) is 15.9. The molecule has 168 valence electrons. The number of benzene rings is 2. The summed E-state index contributed by atoms with van der Waals surface area (Å²) in [5.74, 6) is 1.33. The van der Waals surface area contributed by atoms with E-state index in [2.05, 4.69) is 5.10 Å². The maximum Gasteiger partial charge on any atom is 0.359 e. The molecule has 0 N–H and O–H groups in total. The summed E-state index contributed by atoms with van der Waals surface area (Å²) in [6.45, 7) is -0.231. The lowest BCUT2D eigenvalue weighted by Gasteiger charge is -2.55. The van der Waals surface area contributed by atoms with Crippen LogP contribution in [0.1, 0.15) is 49.0 Å². The highest BCUT2D eigenvalue weighted by atomic mass is 16.5. The van der Waals surface area contributed by atoms with Gasteiger partial charge in [-0.2, -0.15) is 9.78 Å². The molecule has 4 aliphatic rings. The Kier molecular flexibility index (Phi) is 4.71. The third-order valence-electron chi connectivity index (χ3n) is 7.96. The first-order valence-electron chi connectivity index (χ1n) is 11.8. The smallest absolute Gasteiger partial charge is 0.359 e. The maximum absolute atomic E-state index is 13.3. The summed E-state index contributed by atoms with van der Waals surface area (Å²) in [6.07, 6.45) is 6.58. The Morgan fingerprint density at radius 2 is 1.45 bits per heavy atom. The number of ketones is 1. The molecule has 4 fully saturated rings. The van der Waals surface area contributed by atoms with E-state index < -0.39 is 5.97 Å². The molecule has 4 saturated carbocycles. The largest absolute Gasteiger partial charge is 0.453 e. The molecule has 0 spiro atoms. The number of Topliss-reactive ketones (excluding diaryl/α,β-unsaturated/α-hetero) is 1. The molecule has 4 bridgehead atoms. The van der Waals surface area contributed by atoms with E-state index in [1.54, 1.807) is 48.5 Å². The van der Waals surface area contributed by atoms with Gasteiger partial charge in [0, 0.05) is 10.8 Å². The van der Waals surface area contributed by atoms with Gasteiger partial charge in [-0.05, 0) is 74.5 Å². The highest BCUT2D eigenvalue weighted by molar-refractivity contribution is 6.03. The molecule has 1 aromatic heterocycles. The molecule has 0 atom stereocenters. The molecule has 33 heavy (non-hydrogen) atoms. The fourth-order valence-corrected chi connectivity index (χ4v) is 6.89. The van der Waals surface area contributed by atoms with Gasteiger partial charge in [0.15, 0.2) is 18.1 Å². The van der Waals surface area contributed by atoms with Crippen molar-refractivity contribution in [3.63, 3.8) is 0 Å². The average Bonchev–Trinajstić information content (AvgIpc) is 2.82. The topological polar surface area (TPSA) is 78.3 Å². The van der Waals surface area contributed by atoms with E-state index in [9.17, 15) is 14.4 Å². The Morgan fingerprint density at radius 3 is 2.09 bits per heavy atom. The van der Waals surface area contributed by atoms with E-state index >= 15 is 0 Å². The minimum atomic E-state index is -0.672. The summed E-state index contributed by atoms with van der Waals surface area (Å²) in [4.78, 5) is 39.4. The minimum Gasteiger partial charge on any atom is -0.453 e. The van der Waals surface area contributed by atoms with Crippen LogP contribution in [0, 0.1) is 23.2 Å². The lowest BCUT2D eigenvalue weighted by atomic mass is 9.48. The average molecular weight is 443 g/mol. The van der Waals surface area contributed by atoms with Crippen molar-refractivity contribution in [2.24, 2.45) is 23.2 Å². The standard InChI is InChI=1S/C27H26N2O4/c30-23(27-13-17-10-18(14-27)12-19(11-17)15-27)16-33-26(32)24-21-8-4-5-9-22(21)25(31)29(28-24)20-6-2-1-3-7-20/h1-9,17-19H,10-16H2. The summed E-state index contributed by atoms with van der Waals surface area (Å²) >= 11 is 0. The van der Waals surface area contributed by atoms with Gasteiger partial charge in [-0.15, -0.1) is 0 Å². The Bertz CT molecular complexity index is 1280. The van der Waals surface area contributed by atoms with Gasteiger partial charge in [-0.1, -0.05) is 36.4 Å². The van der Waals surface area contributed by atoms with E-state index in [4.69, 9.17) is 4.74 Å². The van der Waals surface area contributed by atoms with Crippen molar-refractivity contribution in [3.05, 3.63) is 70.6 Å². The van der Waals surface area contributed by atoms with Crippen LogP contribution in [-0.2, 0) is 9.53 Å². The molecule has 1 heterocycles. The minimum absolute atomic E-state index is 0.0485. The Morgan fingerprint density at radius 1 is 0.879 bits per heavy atom. The van der Waals surface area contributed by atoms with Crippen LogP contribution in [0.2, 0.25) is 0 Å². The molecule has 6 nitrogen and oxygen atoms in total. The second kappa shape index (κ2) is 7.65. The molecule has 0 aliphatic heterocycles. The summed E-state index contributed by atoms with van der Waals surface area (Å²) < 4.78 is 6.77. The number of carbonyl (C=O) groups is 2. The number of aromatic nitrogens is 2. The number of carbonyl (C=O) groups excluding carboxylic acids is 2. The Hall–Kier alpha value is -3.28. The normalized spacial score (nSPS) is 27.6. The van der Waals surface area contributed by atoms with E-state index in [1.165, 1.54) is 23.9 Å². The fourth-order valence-electron chi connectivity index (χ4n) is 6.89. The molecular weight excluding hydrogens is 416 g/mol. The van der Waals surface area contributed by atoms with Gasteiger partial charge in [0.25, 0.3) is 5.56 Å². The number of fused-ring (bicyclic) bond motifs is 1. The SMILES string of the molecule is O=C(OCC(=O)C12CC3CC(CC(C3)C1)C2)c1nn(-c2ccccc2)c(=O)c2ccccc12. The van der Waals surface area contributed by atoms with Crippen molar-refractivity contribution in [2.45, 2.75) is 38.5 Å². The van der Waals surface area contributed by atoms with Crippen LogP contribution in [0.5, 0.6) is 0 Å². The van der Waals surface area contributed by atoms with Crippen molar-refractivity contribution in [2.75, 3.05) is 6.61 Å². The quantitative estimate of drug-likeness (QED) is 0.550. The van der Waals surface area contributed by atoms with E-state index in [0.29, 0.717) is 34.2 Å². The highest BCUT2D eigenvalue weighted by Crippen LogP contribution is 2.60. The molecule has 0 unspecified atom stereocenters. The van der Waals surface area contributed by atoms with E-state index in [1.807, 2.05) is 6.07 Å². The first-order chi connectivity index (χ1) is 16.0. The number of ether oxygens (including phenoxy) is 1. The number of hydrogen-bond acceptors (Lipinski definition) is 5. The van der Waals surface area contributed by atoms with Crippen molar-refractivity contribution < 1.29 is 14.3 Å². The third-order valence-corrected chi connectivity index (χ3v) is 7.96. The third kappa shape index (κ3) is 3.39. The number of rotatable bonds is 5. The molecular formula is C27H26N2O4. The number of hydrogen-bond donors (Lipinski definition) is 0. The summed E-state index contributed by atoms with van der Waals surface area (Å²) in [5, 5.41) is 5.18. The van der Waals surface area contributed by atoms with E-state index in [0.717, 1.165) is 19.3 Å². The van der Waals surface area contributed by atoms with Gasteiger partial charge < -0.3 is 4.74 Å². The number of nitrogens with zero attached hydrogens (tertiary/aromatic N) is 2. The van der Waals surface area contributed by atoms with Crippen LogP contribution in [0.3, 0.4) is 0 Å². The van der Waals surface area contributed by atoms with Crippen LogP contribution in [0.4, 0.5) is 0 Å². The zero-order valence-corrected chi connectivity index (χ0v) is 18.4. The molecule has 6 heteroatoms. The molecule has 0 amide bonds. The van der Waals surface area contributed by atoms with Gasteiger partial charge in [0.2, 0.25) is 0 Å². The van der Waals surface area contributed by atoms with Crippen LogP contribution >= 0.6 is 0 Å². The first kappa shape index (κ1) is 20.3. The van der Waals surface area contributed by atoms with Crippen LogP contribution in [0.15, 0.2) is 59.4 Å². The second-order valence-electron chi connectivity index (χ2n) is 10.1. The molecule has 4 aliphatic carbocycles. The second-order valence-corrected chi connectivity index (χ2v) is 10.1. The molecule has 7 rings (SSSR count). The first-order valence-corrected chi connectivity index (χ1v) is 11.8. The predicted molar refractivity (Wildman–Crippen MR) is 123 cm³/mol. The Labute approximate surface area is 191 Å². The van der Waals surface area contributed by atoms with Gasteiger partial charge in [-0.3, -0.25) is 9.59 Å². The van der Waals surface area contributed by atoms with Crippen molar-refractivity contribution in [1.82, 2.24) is 9.78 Å². The monoisotopic (exact) mass is 442 g/mol. The molecule has 0 saturated heterocycles. The van der Waals surface area contributed by atoms with Gasteiger partial charge in [0.1, 0.15) is 0 Å². The lowest BCUT2D eigenvalue weighted by Crippen LogP contribution is -2.51. The molecule has 0 radical (unpaired) electrons. The predicted octanol–water partition coefficient (Wildman–Crippen LogP) is 4.33. The van der Waals surface area contributed by atoms with Crippen LogP contribution < -0.4 is 5.56 Å². The van der Waals surface area contributed by atoms with Gasteiger partial charge in [0.05, 0.1) is 11.1 Å². The van der Waals surface area contributed by atoms with Gasteiger partial charge in [-0.25, -0.2) is 4.79 Å². The zero-order chi connectivity index (χ0) is 22.6. The van der Waals surface area contributed by atoms with Gasteiger partial charge >= 0.3 is 5.97 Å². The van der Waals surface area contributed by atoms with Crippen LogP contribution in [0.25, 0.3) is 16.5 Å². The number of para-hydroxylation sites is 1. The molecule has 2 aromatic carbocycles.